The lowest BCUT2D eigenvalue weighted by Gasteiger charge is -2.33. The van der Waals surface area contributed by atoms with Crippen molar-refractivity contribution in [1.29, 1.82) is 0 Å². The van der Waals surface area contributed by atoms with Gasteiger partial charge in [0.15, 0.2) is 0 Å². The van der Waals surface area contributed by atoms with Crippen LogP contribution in [0.4, 0.5) is 5.69 Å². The number of hydrogen-bond acceptors (Lipinski definition) is 3. The predicted molar refractivity (Wildman–Crippen MR) is 116 cm³/mol. The molecule has 2 aromatic carbocycles. The Morgan fingerprint density at radius 2 is 1.52 bits per heavy atom. The first-order valence-corrected chi connectivity index (χ1v) is 11.7. The van der Waals surface area contributed by atoms with Gasteiger partial charge in [-0.3, -0.25) is 4.79 Å². The highest BCUT2D eigenvalue weighted by molar-refractivity contribution is 7.89. The van der Waals surface area contributed by atoms with E-state index in [0.29, 0.717) is 5.69 Å². The van der Waals surface area contributed by atoms with Crippen molar-refractivity contribution in [3.05, 3.63) is 59.2 Å². The van der Waals surface area contributed by atoms with Gasteiger partial charge in [0, 0.05) is 11.7 Å². The Bertz CT molecular complexity index is 942. The summed E-state index contributed by atoms with van der Waals surface area (Å²) in [5, 5.41) is 2.88. The summed E-state index contributed by atoms with van der Waals surface area (Å²) in [5.41, 5.74) is 3.80. The van der Waals surface area contributed by atoms with Gasteiger partial charge < -0.3 is 5.32 Å². The van der Waals surface area contributed by atoms with Crippen LogP contribution < -0.4 is 5.32 Å². The largest absolute Gasteiger partial charge is 0.325 e. The van der Waals surface area contributed by atoms with Crippen molar-refractivity contribution in [2.24, 2.45) is 0 Å². The molecule has 1 saturated carbocycles. The lowest BCUT2D eigenvalue weighted by molar-refractivity contribution is -0.116. The molecule has 0 atom stereocenters. The number of anilines is 1. The van der Waals surface area contributed by atoms with Gasteiger partial charge in [-0.2, -0.15) is 4.31 Å². The number of benzene rings is 2. The summed E-state index contributed by atoms with van der Waals surface area (Å²) in [7, 11) is -3.75. The molecule has 5 nitrogen and oxygen atoms in total. The van der Waals surface area contributed by atoms with Crippen molar-refractivity contribution in [2.75, 3.05) is 11.9 Å². The molecule has 2 aromatic rings. The highest BCUT2D eigenvalue weighted by atomic mass is 32.2. The minimum Gasteiger partial charge on any atom is -0.325 e. The van der Waals surface area contributed by atoms with Gasteiger partial charge in [0.25, 0.3) is 0 Å². The van der Waals surface area contributed by atoms with Crippen LogP contribution in [0.1, 0.15) is 48.8 Å². The molecule has 0 spiro atoms. The van der Waals surface area contributed by atoms with Crippen LogP contribution in [0.25, 0.3) is 0 Å². The molecular formula is C23H30N2O3S. The highest BCUT2D eigenvalue weighted by Crippen LogP contribution is 2.28. The summed E-state index contributed by atoms with van der Waals surface area (Å²) in [6.07, 6.45) is 4.68. The molecule has 0 aliphatic heterocycles. The first kappa shape index (κ1) is 21.5. The average molecular weight is 415 g/mol. The van der Waals surface area contributed by atoms with Crippen LogP contribution in [-0.4, -0.2) is 31.2 Å². The van der Waals surface area contributed by atoms with E-state index in [9.17, 15) is 13.2 Å². The van der Waals surface area contributed by atoms with E-state index >= 15 is 0 Å². The van der Waals surface area contributed by atoms with Gasteiger partial charge in [-0.05, 0) is 69.0 Å². The van der Waals surface area contributed by atoms with Crippen molar-refractivity contribution in [1.82, 2.24) is 4.31 Å². The quantitative estimate of drug-likeness (QED) is 0.753. The SMILES string of the molecule is Cc1ccc(S(=O)(=O)N(CC(=O)Nc2cc(C)cc(C)c2)C2CCCCC2)cc1. The number of rotatable bonds is 6. The average Bonchev–Trinajstić information content (AvgIpc) is 2.66. The van der Waals surface area contributed by atoms with E-state index in [4.69, 9.17) is 0 Å². The third kappa shape index (κ3) is 5.46. The molecule has 6 heteroatoms. The van der Waals surface area contributed by atoms with Gasteiger partial charge in [-0.1, -0.05) is 43.0 Å². The Labute approximate surface area is 174 Å². The van der Waals surface area contributed by atoms with Gasteiger partial charge in [-0.15, -0.1) is 0 Å². The zero-order valence-corrected chi connectivity index (χ0v) is 18.3. The van der Waals surface area contributed by atoms with E-state index < -0.39 is 10.0 Å². The second kappa shape index (κ2) is 9.09. The van der Waals surface area contributed by atoms with Crippen molar-refractivity contribution >= 4 is 21.6 Å². The molecule has 0 saturated heterocycles. The molecule has 0 heterocycles. The fraction of sp³-hybridized carbons (Fsp3) is 0.435. The molecule has 1 fully saturated rings. The van der Waals surface area contributed by atoms with Gasteiger partial charge in [-0.25, -0.2) is 8.42 Å². The van der Waals surface area contributed by atoms with Crippen LogP contribution in [0.3, 0.4) is 0 Å². The summed E-state index contributed by atoms with van der Waals surface area (Å²) in [5.74, 6) is -0.309. The van der Waals surface area contributed by atoms with E-state index in [0.717, 1.165) is 48.8 Å². The number of aryl methyl sites for hydroxylation is 3. The Hall–Kier alpha value is -2.18. The molecule has 3 rings (SSSR count). The van der Waals surface area contributed by atoms with Gasteiger partial charge in [0.1, 0.15) is 0 Å². The minimum absolute atomic E-state index is 0.139. The molecule has 0 unspecified atom stereocenters. The zero-order valence-electron chi connectivity index (χ0n) is 17.4. The summed E-state index contributed by atoms with van der Waals surface area (Å²) in [4.78, 5) is 13.0. The lowest BCUT2D eigenvalue weighted by Crippen LogP contribution is -2.45. The van der Waals surface area contributed by atoms with Crippen LogP contribution in [0, 0.1) is 20.8 Å². The summed E-state index contributed by atoms with van der Waals surface area (Å²) in [6, 6.07) is 12.5. The maximum Gasteiger partial charge on any atom is 0.243 e. The van der Waals surface area contributed by atoms with E-state index in [1.54, 1.807) is 24.3 Å². The zero-order chi connectivity index (χ0) is 21.0. The Balaban J connectivity index is 1.85. The van der Waals surface area contributed by atoms with Gasteiger partial charge in [0.2, 0.25) is 15.9 Å². The third-order valence-electron chi connectivity index (χ3n) is 5.41. The number of amides is 1. The molecule has 0 radical (unpaired) electrons. The first-order valence-electron chi connectivity index (χ1n) is 10.2. The van der Waals surface area contributed by atoms with Crippen molar-refractivity contribution in [3.8, 4) is 0 Å². The highest BCUT2D eigenvalue weighted by Gasteiger charge is 2.33. The Morgan fingerprint density at radius 1 is 0.931 bits per heavy atom. The summed E-state index contributed by atoms with van der Waals surface area (Å²) < 4.78 is 28.2. The molecule has 1 N–H and O–H groups in total. The second-order valence-corrected chi connectivity index (χ2v) is 9.97. The molecule has 156 valence electrons. The fourth-order valence-corrected chi connectivity index (χ4v) is 5.66. The second-order valence-electron chi connectivity index (χ2n) is 8.08. The Kier molecular flexibility index (Phi) is 6.75. The van der Waals surface area contributed by atoms with Crippen LogP contribution in [-0.2, 0) is 14.8 Å². The summed E-state index contributed by atoms with van der Waals surface area (Å²) >= 11 is 0. The molecule has 1 amide bonds. The van der Waals surface area contributed by atoms with Crippen LogP contribution >= 0.6 is 0 Å². The number of sulfonamides is 1. The molecule has 1 aliphatic rings. The number of carbonyl (C=O) groups excluding carboxylic acids is 1. The third-order valence-corrected chi connectivity index (χ3v) is 7.33. The van der Waals surface area contributed by atoms with Crippen molar-refractivity contribution in [3.63, 3.8) is 0 Å². The molecule has 0 aromatic heterocycles. The molecular weight excluding hydrogens is 384 g/mol. The van der Waals surface area contributed by atoms with E-state index in [-0.39, 0.29) is 23.4 Å². The van der Waals surface area contributed by atoms with Crippen molar-refractivity contribution in [2.45, 2.75) is 63.8 Å². The van der Waals surface area contributed by atoms with Crippen LogP contribution in [0.5, 0.6) is 0 Å². The van der Waals surface area contributed by atoms with Gasteiger partial charge >= 0.3 is 0 Å². The molecule has 1 aliphatic carbocycles. The van der Waals surface area contributed by atoms with Crippen molar-refractivity contribution < 1.29 is 13.2 Å². The maximum atomic E-state index is 13.4. The fourth-order valence-electron chi connectivity index (χ4n) is 4.01. The summed E-state index contributed by atoms with van der Waals surface area (Å²) in [6.45, 7) is 5.69. The monoisotopic (exact) mass is 414 g/mol. The number of nitrogens with zero attached hydrogens (tertiary/aromatic N) is 1. The number of carbonyl (C=O) groups is 1. The standard InChI is InChI=1S/C23H30N2O3S/c1-17-9-11-22(12-10-17)29(27,28)25(21-7-5-4-6-8-21)16-23(26)24-20-14-18(2)13-19(3)15-20/h9-15,21H,4-8,16H2,1-3H3,(H,24,26). The normalized spacial score (nSPS) is 15.4. The minimum atomic E-state index is -3.75. The molecule has 0 bridgehead atoms. The predicted octanol–water partition coefficient (Wildman–Crippen LogP) is 4.57. The number of nitrogens with one attached hydrogen (secondary N) is 1. The van der Waals surface area contributed by atoms with E-state index in [1.807, 2.05) is 39.0 Å². The molecule has 29 heavy (non-hydrogen) atoms. The van der Waals surface area contributed by atoms with Crippen LogP contribution in [0.15, 0.2) is 47.4 Å². The first-order chi connectivity index (χ1) is 13.8. The number of hydrogen-bond donors (Lipinski definition) is 1. The van der Waals surface area contributed by atoms with E-state index in [2.05, 4.69) is 5.32 Å². The maximum absolute atomic E-state index is 13.4. The van der Waals surface area contributed by atoms with E-state index in [1.165, 1.54) is 4.31 Å². The topological polar surface area (TPSA) is 66.5 Å². The van der Waals surface area contributed by atoms with Crippen LogP contribution in [0.2, 0.25) is 0 Å². The Morgan fingerprint density at radius 3 is 2.10 bits per heavy atom. The van der Waals surface area contributed by atoms with Gasteiger partial charge in [0.05, 0.1) is 11.4 Å². The lowest BCUT2D eigenvalue weighted by atomic mass is 9.95. The smallest absolute Gasteiger partial charge is 0.243 e.